The normalized spacial score (nSPS) is 13.4. The first-order chi connectivity index (χ1) is 12.1. The molecule has 2 amide bonds. The van der Waals surface area contributed by atoms with E-state index in [1.807, 2.05) is 62.4 Å². The largest absolute Gasteiger partial charge is 0.459 e. The maximum Gasteiger partial charge on any atom is 0.315 e. The quantitative estimate of drug-likeness (QED) is 0.678. The number of furan rings is 1. The van der Waals surface area contributed by atoms with Crippen molar-refractivity contribution in [3.05, 3.63) is 72.0 Å². The van der Waals surface area contributed by atoms with E-state index < -0.39 is 0 Å². The zero-order chi connectivity index (χ0) is 17.6. The van der Waals surface area contributed by atoms with Crippen LogP contribution in [0.1, 0.15) is 37.6 Å². The number of benzene rings is 2. The van der Waals surface area contributed by atoms with Gasteiger partial charge in [-0.15, -0.1) is 0 Å². The Morgan fingerprint density at radius 1 is 1.00 bits per heavy atom. The first-order valence-electron chi connectivity index (χ1n) is 8.71. The Kier molecular flexibility index (Phi) is 5.39. The first-order valence-corrected chi connectivity index (χ1v) is 8.71. The van der Waals surface area contributed by atoms with Crippen LogP contribution in [-0.2, 0) is 6.42 Å². The van der Waals surface area contributed by atoms with Gasteiger partial charge < -0.3 is 15.1 Å². The molecule has 2 aromatic carbocycles. The van der Waals surface area contributed by atoms with E-state index in [4.69, 9.17) is 4.42 Å². The number of fused-ring (bicyclic) bond motifs is 1. The average molecular weight is 336 g/mol. The second-order valence-electron chi connectivity index (χ2n) is 6.45. The third-order valence-corrected chi connectivity index (χ3v) is 4.31. The zero-order valence-corrected chi connectivity index (χ0v) is 14.7. The molecule has 1 heterocycles. The number of carbonyl (C=O) groups excluding carboxylic acids is 1. The lowest BCUT2D eigenvalue weighted by Gasteiger charge is -2.17. The summed E-state index contributed by atoms with van der Waals surface area (Å²) in [5.74, 6) is 0.758. The van der Waals surface area contributed by atoms with Crippen LogP contribution in [0.4, 0.5) is 4.79 Å². The molecule has 4 nitrogen and oxygen atoms in total. The maximum atomic E-state index is 12.2. The maximum absolute atomic E-state index is 12.2. The summed E-state index contributed by atoms with van der Waals surface area (Å²) in [6.45, 7) is 3.94. The molecule has 0 aliphatic carbocycles. The summed E-state index contributed by atoms with van der Waals surface area (Å²) in [6, 6.07) is 19.9. The third kappa shape index (κ3) is 4.63. The standard InChI is InChI=1S/C21H24N2O2/c1-15(12-13-17-8-4-3-5-9-17)22-21(24)23-16(2)20-14-18-10-6-7-11-19(18)25-20/h3-11,14-16H,12-13H2,1-2H3,(H2,22,23,24). The molecule has 2 unspecified atom stereocenters. The minimum absolute atomic E-state index is 0.100. The Morgan fingerprint density at radius 3 is 2.48 bits per heavy atom. The van der Waals surface area contributed by atoms with E-state index in [1.165, 1.54) is 5.56 Å². The van der Waals surface area contributed by atoms with Crippen LogP contribution in [0.25, 0.3) is 11.0 Å². The number of amides is 2. The van der Waals surface area contributed by atoms with Crippen molar-refractivity contribution in [3.8, 4) is 0 Å². The molecular weight excluding hydrogens is 312 g/mol. The number of para-hydroxylation sites is 1. The fraction of sp³-hybridized carbons (Fsp3) is 0.286. The fourth-order valence-electron chi connectivity index (χ4n) is 2.85. The number of hydrogen-bond acceptors (Lipinski definition) is 2. The molecule has 0 saturated carbocycles. The van der Waals surface area contributed by atoms with Gasteiger partial charge in [-0.2, -0.15) is 0 Å². The van der Waals surface area contributed by atoms with Gasteiger partial charge in [0.2, 0.25) is 0 Å². The highest BCUT2D eigenvalue weighted by atomic mass is 16.3. The number of carbonyl (C=O) groups is 1. The van der Waals surface area contributed by atoms with Crippen molar-refractivity contribution >= 4 is 17.0 Å². The van der Waals surface area contributed by atoms with Gasteiger partial charge in [-0.05, 0) is 44.4 Å². The van der Waals surface area contributed by atoms with Gasteiger partial charge in [0.15, 0.2) is 0 Å². The van der Waals surface area contributed by atoms with E-state index in [-0.39, 0.29) is 18.1 Å². The summed E-state index contributed by atoms with van der Waals surface area (Å²) in [7, 11) is 0. The van der Waals surface area contributed by atoms with Crippen LogP contribution < -0.4 is 10.6 Å². The summed E-state index contributed by atoms with van der Waals surface area (Å²) >= 11 is 0. The molecule has 0 aliphatic rings. The molecule has 0 bridgehead atoms. The molecule has 0 spiro atoms. The Labute approximate surface area is 148 Å². The van der Waals surface area contributed by atoms with Crippen molar-refractivity contribution in [1.29, 1.82) is 0 Å². The van der Waals surface area contributed by atoms with Gasteiger partial charge in [-0.1, -0.05) is 48.5 Å². The summed E-state index contributed by atoms with van der Waals surface area (Å²) in [5.41, 5.74) is 2.12. The zero-order valence-electron chi connectivity index (χ0n) is 14.7. The predicted octanol–water partition coefficient (Wildman–Crippen LogP) is 4.81. The van der Waals surface area contributed by atoms with Gasteiger partial charge >= 0.3 is 6.03 Å². The fourth-order valence-corrected chi connectivity index (χ4v) is 2.85. The molecule has 1 aromatic heterocycles. The molecular formula is C21H24N2O2. The monoisotopic (exact) mass is 336 g/mol. The highest BCUT2D eigenvalue weighted by Gasteiger charge is 2.15. The molecule has 0 radical (unpaired) electrons. The summed E-state index contributed by atoms with van der Waals surface area (Å²) in [4.78, 5) is 12.2. The van der Waals surface area contributed by atoms with Crippen LogP contribution in [-0.4, -0.2) is 12.1 Å². The molecule has 2 N–H and O–H groups in total. The van der Waals surface area contributed by atoms with Crippen molar-refractivity contribution in [1.82, 2.24) is 10.6 Å². The Balaban J connectivity index is 1.49. The number of hydrogen-bond donors (Lipinski definition) is 2. The number of rotatable bonds is 6. The molecule has 3 rings (SSSR count). The van der Waals surface area contributed by atoms with Crippen molar-refractivity contribution in [3.63, 3.8) is 0 Å². The van der Waals surface area contributed by atoms with Gasteiger partial charge in [-0.25, -0.2) is 4.79 Å². The van der Waals surface area contributed by atoms with Gasteiger partial charge in [0.1, 0.15) is 11.3 Å². The van der Waals surface area contributed by atoms with Crippen molar-refractivity contribution in [2.24, 2.45) is 0 Å². The first kappa shape index (κ1) is 17.1. The molecule has 0 aliphatic heterocycles. The van der Waals surface area contributed by atoms with Crippen LogP contribution in [0.3, 0.4) is 0 Å². The van der Waals surface area contributed by atoms with E-state index in [0.29, 0.717) is 0 Å². The van der Waals surface area contributed by atoms with E-state index in [2.05, 4.69) is 22.8 Å². The number of aryl methyl sites for hydroxylation is 1. The van der Waals surface area contributed by atoms with Gasteiger partial charge in [0.25, 0.3) is 0 Å². The molecule has 2 atom stereocenters. The molecule has 4 heteroatoms. The molecule has 0 saturated heterocycles. The van der Waals surface area contributed by atoms with Crippen LogP contribution >= 0.6 is 0 Å². The molecule has 25 heavy (non-hydrogen) atoms. The average Bonchev–Trinajstić information content (AvgIpc) is 3.05. The second kappa shape index (κ2) is 7.88. The van der Waals surface area contributed by atoms with Crippen LogP contribution in [0.5, 0.6) is 0 Å². The third-order valence-electron chi connectivity index (χ3n) is 4.31. The van der Waals surface area contributed by atoms with Gasteiger partial charge in [0, 0.05) is 11.4 Å². The van der Waals surface area contributed by atoms with Crippen LogP contribution in [0.15, 0.2) is 65.1 Å². The Hall–Kier alpha value is -2.75. The summed E-state index contributed by atoms with van der Waals surface area (Å²) in [5, 5.41) is 6.98. The van der Waals surface area contributed by atoms with E-state index in [1.54, 1.807) is 0 Å². The van der Waals surface area contributed by atoms with Crippen LogP contribution in [0, 0.1) is 0 Å². The summed E-state index contributed by atoms with van der Waals surface area (Å²) in [6.07, 6.45) is 1.85. The lowest BCUT2D eigenvalue weighted by Crippen LogP contribution is -2.41. The highest BCUT2D eigenvalue weighted by molar-refractivity contribution is 5.78. The Bertz CT molecular complexity index is 793. The van der Waals surface area contributed by atoms with E-state index in [0.717, 1.165) is 29.6 Å². The lowest BCUT2D eigenvalue weighted by atomic mass is 10.1. The van der Waals surface area contributed by atoms with Crippen molar-refractivity contribution in [2.45, 2.75) is 38.8 Å². The van der Waals surface area contributed by atoms with E-state index in [9.17, 15) is 4.79 Å². The molecule has 3 aromatic rings. The van der Waals surface area contributed by atoms with Crippen molar-refractivity contribution < 1.29 is 9.21 Å². The predicted molar refractivity (Wildman–Crippen MR) is 101 cm³/mol. The smallest absolute Gasteiger partial charge is 0.315 e. The topological polar surface area (TPSA) is 54.3 Å². The number of nitrogens with one attached hydrogen (secondary N) is 2. The highest BCUT2D eigenvalue weighted by Crippen LogP contribution is 2.23. The number of urea groups is 1. The SMILES string of the molecule is CC(CCc1ccccc1)NC(=O)NC(C)c1cc2ccccc2o1. The second-order valence-corrected chi connectivity index (χ2v) is 6.45. The summed E-state index contributed by atoms with van der Waals surface area (Å²) < 4.78 is 5.80. The lowest BCUT2D eigenvalue weighted by molar-refractivity contribution is 0.232. The van der Waals surface area contributed by atoms with Crippen LogP contribution in [0.2, 0.25) is 0 Å². The minimum Gasteiger partial charge on any atom is -0.459 e. The van der Waals surface area contributed by atoms with Crippen molar-refractivity contribution in [2.75, 3.05) is 0 Å². The van der Waals surface area contributed by atoms with Gasteiger partial charge in [0.05, 0.1) is 6.04 Å². The molecule has 0 fully saturated rings. The minimum atomic E-state index is -0.186. The van der Waals surface area contributed by atoms with Gasteiger partial charge in [-0.3, -0.25) is 0 Å². The van der Waals surface area contributed by atoms with E-state index >= 15 is 0 Å². The molecule has 130 valence electrons. The Morgan fingerprint density at radius 2 is 1.72 bits per heavy atom.